The molecule has 0 aliphatic carbocycles. The molecule has 3 saturated heterocycles. The van der Waals surface area contributed by atoms with Gasteiger partial charge in [-0.1, -0.05) is 6.07 Å². The Labute approximate surface area is 172 Å². The van der Waals surface area contributed by atoms with Gasteiger partial charge in [-0.05, 0) is 38.0 Å². The number of halogens is 3. The van der Waals surface area contributed by atoms with E-state index >= 15 is 0 Å². The summed E-state index contributed by atoms with van der Waals surface area (Å²) in [6, 6.07) is 6.11. The molecule has 160 valence electrons. The van der Waals surface area contributed by atoms with Gasteiger partial charge in [0.05, 0.1) is 11.7 Å². The zero-order chi connectivity index (χ0) is 21.5. The number of aromatic nitrogens is 2. The summed E-state index contributed by atoms with van der Waals surface area (Å²) in [6.45, 7) is 5.71. The zero-order valence-corrected chi connectivity index (χ0v) is 16.8. The first-order chi connectivity index (χ1) is 14.2. The Morgan fingerprint density at radius 3 is 2.40 bits per heavy atom. The molecule has 2 aromatic heterocycles. The van der Waals surface area contributed by atoms with E-state index in [1.54, 1.807) is 18.3 Å². The minimum Gasteiger partial charge on any atom is -0.475 e. The Hall–Kier alpha value is -2.68. The summed E-state index contributed by atoms with van der Waals surface area (Å²) < 4.78 is 43.5. The van der Waals surface area contributed by atoms with E-state index in [1.165, 1.54) is 12.3 Å². The number of piperazine rings is 1. The zero-order valence-electron chi connectivity index (χ0n) is 16.8. The van der Waals surface area contributed by atoms with Crippen LogP contribution in [0.15, 0.2) is 36.7 Å². The highest BCUT2D eigenvalue weighted by molar-refractivity contribution is 5.95. The van der Waals surface area contributed by atoms with E-state index in [0.29, 0.717) is 31.1 Å². The maximum Gasteiger partial charge on any atom is 0.433 e. The summed E-state index contributed by atoms with van der Waals surface area (Å²) in [5.41, 5.74) is 0.372. The smallest absolute Gasteiger partial charge is 0.433 e. The van der Waals surface area contributed by atoms with E-state index in [-0.39, 0.29) is 24.1 Å². The monoisotopic (exact) mass is 420 g/mol. The summed E-state index contributed by atoms with van der Waals surface area (Å²) in [6.07, 6.45) is -0.659. The second-order valence-corrected chi connectivity index (χ2v) is 8.05. The molecule has 1 amide bonds. The Morgan fingerprint density at radius 1 is 1.13 bits per heavy atom. The minimum absolute atomic E-state index is 0.0136. The van der Waals surface area contributed by atoms with Gasteiger partial charge in [0.1, 0.15) is 5.69 Å². The fourth-order valence-corrected chi connectivity index (χ4v) is 4.07. The molecule has 0 saturated carbocycles. The molecule has 0 radical (unpaired) electrons. The van der Waals surface area contributed by atoms with Gasteiger partial charge in [0.15, 0.2) is 0 Å². The van der Waals surface area contributed by atoms with E-state index < -0.39 is 11.9 Å². The van der Waals surface area contributed by atoms with Crippen LogP contribution in [0.1, 0.15) is 41.9 Å². The molecule has 3 aliphatic rings. The molecule has 0 aromatic carbocycles. The molecule has 9 heteroatoms. The van der Waals surface area contributed by atoms with E-state index in [0.717, 1.165) is 18.1 Å². The van der Waals surface area contributed by atoms with Crippen molar-refractivity contribution in [1.82, 2.24) is 19.8 Å². The number of alkyl halides is 3. The Morgan fingerprint density at radius 2 is 1.87 bits per heavy atom. The third kappa shape index (κ3) is 4.26. The van der Waals surface area contributed by atoms with Gasteiger partial charge in [-0.25, -0.2) is 4.98 Å². The maximum absolute atomic E-state index is 12.9. The number of amides is 1. The van der Waals surface area contributed by atoms with Crippen LogP contribution in [-0.4, -0.2) is 57.0 Å². The minimum atomic E-state index is -4.43. The first-order valence-corrected chi connectivity index (χ1v) is 9.90. The first kappa shape index (κ1) is 20.6. The molecule has 2 bridgehead atoms. The van der Waals surface area contributed by atoms with Crippen LogP contribution in [0, 0.1) is 0 Å². The summed E-state index contributed by atoms with van der Waals surface area (Å²) in [5.74, 6) is 0.442. The second kappa shape index (κ2) is 7.86. The molecule has 0 spiro atoms. The third-order valence-electron chi connectivity index (χ3n) is 5.36. The summed E-state index contributed by atoms with van der Waals surface area (Å²) in [4.78, 5) is 24.7. The van der Waals surface area contributed by atoms with Crippen LogP contribution in [0.5, 0.6) is 5.88 Å². The van der Waals surface area contributed by atoms with Gasteiger partial charge < -0.3 is 9.64 Å². The summed E-state index contributed by atoms with van der Waals surface area (Å²) in [7, 11) is 0. The highest BCUT2D eigenvalue weighted by Gasteiger charge is 2.47. The Kier molecular flexibility index (Phi) is 5.40. The number of piperidine rings is 1. The van der Waals surface area contributed by atoms with E-state index in [4.69, 9.17) is 4.74 Å². The fourth-order valence-electron chi connectivity index (χ4n) is 4.07. The van der Waals surface area contributed by atoms with Crippen LogP contribution in [-0.2, 0) is 12.7 Å². The van der Waals surface area contributed by atoms with Gasteiger partial charge in [-0.3, -0.25) is 14.7 Å². The molecule has 0 N–H and O–H groups in total. The molecule has 2 unspecified atom stereocenters. The molecule has 2 aromatic rings. The van der Waals surface area contributed by atoms with E-state index in [2.05, 4.69) is 14.9 Å². The topological polar surface area (TPSA) is 58.6 Å². The molecule has 2 atom stereocenters. The lowest BCUT2D eigenvalue weighted by Crippen LogP contribution is -2.69. The standard InChI is InChI=1S/C21H23F3N4O2/c1-13(2)30-19-6-4-15(9-26-19)20(29)28-16-7-17(28)12-27(11-16)10-14-3-5-18(25-8-14)21(22,23)24/h3-6,8-9,13,16-17H,7,10-12H2,1-2H3. The second-order valence-electron chi connectivity index (χ2n) is 8.05. The molecular formula is C21H23F3N4O2. The van der Waals surface area contributed by atoms with E-state index in [9.17, 15) is 18.0 Å². The maximum atomic E-state index is 12.9. The van der Waals surface area contributed by atoms with Crippen LogP contribution in [0.3, 0.4) is 0 Å². The normalized spacial score (nSPS) is 21.5. The number of ether oxygens (including phenoxy) is 1. The number of carbonyl (C=O) groups excluding carboxylic acids is 1. The molecule has 6 nitrogen and oxygen atoms in total. The number of hydrogen-bond acceptors (Lipinski definition) is 5. The SMILES string of the molecule is CC(C)Oc1ccc(C(=O)N2C3CC2CN(Cc2ccc(C(F)(F)F)nc2)C3)cn1. The van der Waals surface area contributed by atoms with Crippen molar-refractivity contribution in [2.75, 3.05) is 13.1 Å². The quantitative estimate of drug-likeness (QED) is 0.742. The fraction of sp³-hybridized carbons (Fsp3) is 0.476. The lowest BCUT2D eigenvalue weighted by atomic mass is 9.86. The van der Waals surface area contributed by atoms with Gasteiger partial charge >= 0.3 is 6.18 Å². The highest BCUT2D eigenvalue weighted by atomic mass is 19.4. The number of rotatable bonds is 5. The summed E-state index contributed by atoms with van der Waals surface area (Å²) in [5, 5.41) is 0. The van der Waals surface area contributed by atoms with Crippen LogP contribution >= 0.6 is 0 Å². The van der Waals surface area contributed by atoms with Gasteiger partial charge in [-0.15, -0.1) is 0 Å². The highest BCUT2D eigenvalue weighted by Crippen LogP contribution is 2.34. The largest absolute Gasteiger partial charge is 0.475 e. The number of fused-ring (bicyclic) bond motifs is 2. The van der Waals surface area contributed by atoms with Crippen molar-refractivity contribution >= 4 is 5.91 Å². The van der Waals surface area contributed by atoms with Crippen molar-refractivity contribution in [2.45, 2.75) is 51.2 Å². The van der Waals surface area contributed by atoms with Crippen LogP contribution in [0.2, 0.25) is 0 Å². The van der Waals surface area contributed by atoms with Gasteiger partial charge in [-0.2, -0.15) is 13.2 Å². The predicted octanol–water partition coefficient (Wildman–Crippen LogP) is 3.38. The van der Waals surface area contributed by atoms with Crippen molar-refractivity contribution in [3.8, 4) is 5.88 Å². The lowest BCUT2D eigenvalue weighted by Gasteiger charge is -2.56. The van der Waals surface area contributed by atoms with Crippen LogP contribution in [0.4, 0.5) is 13.2 Å². The average Bonchev–Trinajstić information content (AvgIpc) is 2.67. The van der Waals surface area contributed by atoms with E-state index in [1.807, 2.05) is 18.7 Å². The molecule has 3 aliphatic heterocycles. The van der Waals surface area contributed by atoms with Crippen LogP contribution in [0.25, 0.3) is 0 Å². The molecule has 30 heavy (non-hydrogen) atoms. The number of pyridine rings is 2. The first-order valence-electron chi connectivity index (χ1n) is 9.90. The van der Waals surface area contributed by atoms with Crippen molar-refractivity contribution < 1.29 is 22.7 Å². The van der Waals surface area contributed by atoms with Crippen LogP contribution < -0.4 is 4.74 Å². The summed E-state index contributed by atoms with van der Waals surface area (Å²) >= 11 is 0. The van der Waals surface area contributed by atoms with Crippen molar-refractivity contribution in [3.05, 3.63) is 53.5 Å². The van der Waals surface area contributed by atoms with Crippen molar-refractivity contribution in [1.29, 1.82) is 0 Å². The number of carbonyl (C=O) groups is 1. The average molecular weight is 420 g/mol. The molecule has 5 heterocycles. The molecular weight excluding hydrogens is 397 g/mol. The lowest BCUT2D eigenvalue weighted by molar-refractivity contribution is -0.141. The molecule has 3 fully saturated rings. The third-order valence-corrected chi connectivity index (χ3v) is 5.36. The van der Waals surface area contributed by atoms with Gasteiger partial charge in [0, 0.05) is 50.2 Å². The molecule has 5 rings (SSSR count). The van der Waals surface area contributed by atoms with Crippen molar-refractivity contribution in [2.24, 2.45) is 0 Å². The number of nitrogens with zero attached hydrogens (tertiary/aromatic N) is 4. The van der Waals surface area contributed by atoms with Gasteiger partial charge in [0.2, 0.25) is 5.88 Å². The van der Waals surface area contributed by atoms with Crippen molar-refractivity contribution in [3.63, 3.8) is 0 Å². The number of hydrogen-bond donors (Lipinski definition) is 0. The Balaban J connectivity index is 1.34. The van der Waals surface area contributed by atoms with Gasteiger partial charge in [0.25, 0.3) is 5.91 Å². The Bertz CT molecular complexity index is 888. The predicted molar refractivity (Wildman–Crippen MR) is 103 cm³/mol.